The number of hydrogen-bond donors (Lipinski definition) is 1. The lowest BCUT2D eigenvalue weighted by Crippen LogP contribution is -2.28. The maximum atomic E-state index is 5.25. The van der Waals surface area contributed by atoms with Gasteiger partial charge in [0.05, 0.1) is 6.61 Å². The molecular formula is C12H23N3O2. The lowest BCUT2D eigenvalue weighted by molar-refractivity contribution is 0.149. The summed E-state index contributed by atoms with van der Waals surface area (Å²) >= 11 is 0. The number of rotatable bonds is 9. The monoisotopic (exact) mass is 241 g/mol. The molecule has 0 saturated heterocycles. The molecule has 0 spiro atoms. The number of nitrogens with one attached hydrogen (secondary N) is 1. The molecule has 0 aliphatic heterocycles. The first-order valence-corrected chi connectivity index (χ1v) is 6.38. The Bertz CT molecular complexity index is 302. The van der Waals surface area contributed by atoms with Crippen molar-refractivity contribution < 1.29 is 9.26 Å². The standard InChI is InChI=1S/C12H23N3O2/c1-4-7-13-10(3)9-12-14-11(15-17-12)6-8-16-5-2/h10,13H,4-9H2,1-3H3. The molecule has 1 unspecified atom stereocenters. The second-order valence-corrected chi connectivity index (χ2v) is 4.11. The van der Waals surface area contributed by atoms with Gasteiger partial charge in [-0.25, -0.2) is 0 Å². The SMILES string of the molecule is CCCNC(C)Cc1nc(CCOCC)no1. The smallest absolute Gasteiger partial charge is 0.228 e. The van der Waals surface area contributed by atoms with Crippen molar-refractivity contribution in [3.05, 3.63) is 11.7 Å². The zero-order valence-electron chi connectivity index (χ0n) is 11.0. The van der Waals surface area contributed by atoms with Crippen molar-refractivity contribution in [2.45, 2.75) is 46.1 Å². The van der Waals surface area contributed by atoms with E-state index in [2.05, 4.69) is 29.3 Å². The van der Waals surface area contributed by atoms with Crippen molar-refractivity contribution in [1.29, 1.82) is 0 Å². The molecule has 0 aromatic carbocycles. The van der Waals surface area contributed by atoms with Gasteiger partial charge >= 0.3 is 0 Å². The Kier molecular flexibility index (Phi) is 6.81. The van der Waals surface area contributed by atoms with Gasteiger partial charge in [0.1, 0.15) is 0 Å². The van der Waals surface area contributed by atoms with Crippen LogP contribution in [0.25, 0.3) is 0 Å². The third-order valence-corrected chi connectivity index (χ3v) is 2.41. The maximum absolute atomic E-state index is 5.25. The van der Waals surface area contributed by atoms with Gasteiger partial charge in [0.25, 0.3) is 0 Å². The van der Waals surface area contributed by atoms with E-state index in [9.17, 15) is 0 Å². The molecule has 1 rings (SSSR count). The van der Waals surface area contributed by atoms with Crippen LogP contribution in [0.15, 0.2) is 4.52 Å². The lowest BCUT2D eigenvalue weighted by atomic mass is 10.2. The summed E-state index contributed by atoms with van der Waals surface area (Å²) in [7, 11) is 0. The highest BCUT2D eigenvalue weighted by Crippen LogP contribution is 2.02. The largest absolute Gasteiger partial charge is 0.381 e. The van der Waals surface area contributed by atoms with Gasteiger partial charge in [0.15, 0.2) is 5.82 Å². The Morgan fingerprint density at radius 3 is 2.94 bits per heavy atom. The Labute approximate surface area is 103 Å². The van der Waals surface area contributed by atoms with Gasteiger partial charge in [-0.3, -0.25) is 0 Å². The zero-order chi connectivity index (χ0) is 12.5. The van der Waals surface area contributed by atoms with Gasteiger partial charge in [-0.05, 0) is 26.8 Å². The van der Waals surface area contributed by atoms with Gasteiger partial charge < -0.3 is 14.6 Å². The van der Waals surface area contributed by atoms with E-state index in [0.717, 1.165) is 31.8 Å². The van der Waals surface area contributed by atoms with E-state index in [1.807, 2.05) is 6.92 Å². The predicted molar refractivity (Wildman–Crippen MR) is 66.0 cm³/mol. The molecule has 1 N–H and O–H groups in total. The third kappa shape index (κ3) is 5.79. The van der Waals surface area contributed by atoms with E-state index in [0.29, 0.717) is 25.0 Å². The van der Waals surface area contributed by atoms with Gasteiger partial charge in [-0.15, -0.1) is 0 Å². The summed E-state index contributed by atoms with van der Waals surface area (Å²) in [6.07, 6.45) is 2.63. The predicted octanol–water partition coefficient (Wildman–Crippen LogP) is 1.58. The Balaban J connectivity index is 2.29. The van der Waals surface area contributed by atoms with E-state index < -0.39 is 0 Å². The normalized spacial score (nSPS) is 12.9. The van der Waals surface area contributed by atoms with Crippen LogP contribution in [0, 0.1) is 0 Å². The van der Waals surface area contributed by atoms with E-state index >= 15 is 0 Å². The Hall–Kier alpha value is -0.940. The van der Waals surface area contributed by atoms with Crippen molar-refractivity contribution in [2.24, 2.45) is 0 Å². The highest BCUT2D eigenvalue weighted by atomic mass is 16.5. The van der Waals surface area contributed by atoms with Gasteiger partial charge in [0, 0.05) is 25.5 Å². The first kappa shape index (κ1) is 14.1. The molecule has 0 radical (unpaired) electrons. The fourth-order valence-electron chi connectivity index (χ4n) is 1.51. The summed E-state index contributed by atoms with van der Waals surface area (Å²) < 4.78 is 10.4. The van der Waals surface area contributed by atoms with Crippen LogP contribution in [0.2, 0.25) is 0 Å². The minimum atomic E-state index is 0.371. The van der Waals surface area contributed by atoms with Crippen LogP contribution in [0.4, 0.5) is 0 Å². The summed E-state index contributed by atoms with van der Waals surface area (Å²) in [5, 5.41) is 7.32. The molecule has 98 valence electrons. The number of hydrogen-bond acceptors (Lipinski definition) is 5. The fourth-order valence-corrected chi connectivity index (χ4v) is 1.51. The Morgan fingerprint density at radius 1 is 1.41 bits per heavy atom. The summed E-state index contributed by atoms with van der Waals surface area (Å²) in [4.78, 5) is 4.33. The third-order valence-electron chi connectivity index (χ3n) is 2.41. The molecule has 5 heteroatoms. The van der Waals surface area contributed by atoms with Crippen LogP contribution in [0.3, 0.4) is 0 Å². The van der Waals surface area contributed by atoms with Crippen molar-refractivity contribution in [2.75, 3.05) is 19.8 Å². The van der Waals surface area contributed by atoms with Gasteiger partial charge in [-0.1, -0.05) is 12.1 Å². The summed E-state index contributed by atoms with van der Waals surface area (Å²) in [5.74, 6) is 1.43. The molecule has 0 fully saturated rings. The maximum Gasteiger partial charge on any atom is 0.228 e. The molecule has 1 aromatic rings. The van der Waals surface area contributed by atoms with E-state index in [-0.39, 0.29) is 0 Å². The number of nitrogens with zero attached hydrogens (tertiary/aromatic N) is 2. The van der Waals surface area contributed by atoms with Crippen molar-refractivity contribution >= 4 is 0 Å². The molecule has 17 heavy (non-hydrogen) atoms. The fraction of sp³-hybridized carbons (Fsp3) is 0.833. The quantitative estimate of drug-likeness (QED) is 0.665. The molecule has 1 atom stereocenters. The van der Waals surface area contributed by atoms with Gasteiger partial charge in [0.2, 0.25) is 5.89 Å². The summed E-state index contributed by atoms with van der Waals surface area (Å²) in [5.41, 5.74) is 0. The van der Waals surface area contributed by atoms with Crippen molar-refractivity contribution in [1.82, 2.24) is 15.5 Å². The van der Waals surface area contributed by atoms with Gasteiger partial charge in [-0.2, -0.15) is 4.98 Å². The van der Waals surface area contributed by atoms with Crippen molar-refractivity contribution in [3.8, 4) is 0 Å². The average molecular weight is 241 g/mol. The molecule has 0 amide bonds. The second kappa shape index (κ2) is 8.20. The zero-order valence-corrected chi connectivity index (χ0v) is 11.0. The molecule has 0 saturated carbocycles. The lowest BCUT2D eigenvalue weighted by Gasteiger charge is -2.09. The molecule has 0 aliphatic carbocycles. The van der Waals surface area contributed by atoms with Crippen LogP contribution in [0.1, 0.15) is 38.9 Å². The molecule has 0 bridgehead atoms. The van der Waals surface area contributed by atoms with Crippen LogP contribution in [0.5, 0.6) is 0 Å². The van der Waals surface area contributed by atoms with E-state index in [1.54, 1.807) is 0 Å². The minimum absolute atomic E-state index is 0.371. The van der Waals surface area contributed by atoms with Crippen molar-refractivity contribution in [3.63, 3.8) is 0 Å². The molecule has 1 aromatic heterocycles. The summed E-state index contributed by atoms with van der Waals surface area (Å²) in [6, 6.07) is 0.371. The first-order chi connectivity index (χ1) is 8.26. The summed E-state index contributed by atoms with van der Waals surface area (Å²) in [6.45, 7) is 8.65. The first-order valence-electron chi connectivity index (χ1n) is 6.38. The van der Waals surface area contributed by atoms with Crippen LogP contribution in [-0.4, -0.2) is 35.9 Å². The number of aromatic nitrogens is 2. The topological polar surface area (TPSA) is 60.2 Å². The van der Waals surface area contributed by atoms with E-state index in [1.165, 1.54) is 0 Å². The second-order valence-electron chi connectivity index (χ2n) is 4.11. The molecule has 5 nitrogen and oxygen atoms in total. The highest BCUT2D eigenvalue weighted by molar-refractivity contribution is 4.89. The van der Waals surface area contributed by atoms with Crippen LogP contribution >= 0.6 is 0 Å². The molecule has 1 heterocycles. The molecular weight excluding hydrogens is 218 g/mol. The number of ether oxygens (including phenoxy) is 1. The van der Waals surface area contributed by atoms with Crippen LogP contribution < -0.4 is 5.32 Å². The Morgan fingerprint density at radius 2 is 2.24 bits per heavy atom. The highest BCUT2D eigenvalue weighted by Gasteiger charge is 2.10. The van der Waals surface area contributed by atoms with Crippen LogP contribution in [-0.2, 0) is 17.6 Å². The molecule has 0 aliphatic rings. The average Bonchev–Trinajstić information content (AvgIpc) is 2.74. The minimum Gasteiger partial charge on any atom is -0.381 e. The van der Waals surface area contributed by atoms with E-state index in [4.69, 9.17) is 9.26 Å².